The van der Waals surface area contributed by atoms with Crippen molar-refractivity contribution in [1.82, 2.24) is 0 Å². The van der Waals surface area contributed by atoms with Gasteiger partial charge >= 0.3 is 132 Å². The van der Waals surface area contributed by atoms with E-state index in [1.54, 1.807) is 0 Å². The van der Waals surface area contributed by atoms with Crippen molar-refractivity contribution >= 4 is 22.2 Å². The molecule has 2 atom stereocenters. The molecule has 20 heavy (non-hydrogen) atoms. The van der Waals surface area contributed by atoms with E-state index in [0.29, 0.717) is 11.8 Å². The maximum absolute atomic E-state index is 3.44. The van der Waals surface area contributed by atoms with Gasteiger partial charge in [-0.2, -0.15) is 0 Å². The molecule has 2 aromatic carbocycles. The van der Waals surface area contributed by atoms with Crippen LogP contribution in [0.1, 0.15) is 36.8 Å². The molecule has 0 aliphatic rings. The van der Waals surface area contributed by atoms with Crippen molar-refractivity contribution in [2.45, 2.75) is 25.7 Å². The summed E-state index contributed by atoms with van der Waals surface area (Å²) in [5.74, 6) is 1.29. The van der Waals surface area contributed by atoms with Gasteiger partial charge in [-0.15, -0.1) is 0 Å². The molecule has 2 heteroatoms. The Kier molecular flexibility index (Phi) is 6.30. The van der Waals surface area contributed by atoms with Crippen LogP contribution in [0.5, 0.6) is 0 Å². The summed E-state index contributed by atoms with van der Waals surface area (Å²) in [7, 11) is 0. The SMILES string of the molecule is CC(CP([Se])CC(C)c1ccccc1)c1ccccc1. The molecule has 0 saturated carbocycles. The van der Waals surface area contributed by atoms with E-state index >= 15 is 0 Å². The average molecular weight is 348 g/mol. The van der Waals surface area contributed by atoms with Crippen molar-refractivity contribution < 1.29 is 0 Å². The van der Waals surface area contributed by atoms with Crippen LogP contribution < -0.4 is 0 Å². The molecule has 0 nitrogen and oxygen atoms in total. The van der Waals surface area contributed by atoms with Crippen molar-refractivity contribution in [3.05, 3.63) is 71.8 Å². The van der Waals surface area contributed by atoms with Gasteiger partial charge in [-0.05, 0) is 0 Å². The summed E-state index contributed by atoms with van der Waals surface area (Å²) in [5, 5.41) is 0. The molecular formula is C18H22PSe. The molecule has 0 aliphatic heterocycles. The third-order valence-electron chi connectivity index (χ3n) is 3.69. The third-order valence-corrected chi connectivity index (χ3v) is 7.48. The Morgan fingerprint density at radius 3 is 1.45 bits per heavy atom. The normalized spacial score (nSPS) is 15.6. The first-order chi connectivity index (χ1) is 9.66. The molecule has 0 N–H and O–H groups in total. The topological polar surface area (TPSA) is 0 Å². The van der Waals surface area contributed by atoms with Crippen molar-refractivity contribution in [2.24, 2.45) is 0 Å². The fourth-order valence-electron chi connectivity index (χ4n) is 2.46. The molecule has 1 radical (unpaired) electrons. The molecule has 0 aliphatic carbocycles. The minimum absolute atomic E-state index is 0.0316. The van der Waals surface area contributed by atoms with Crippen LogP contribution in [0.25, 0.3) is 0 Å². The minimum atomic E-state index is -0.0316. The second kappa shape index (κ2) is 7.99. The summed E-state index contributed by atoms with van der Waals surface area (Å²) in [6.07, 6.45) is 2.55. The molecule has 0 amide bonds. The Balaban J connectivity index is 1.88. The van der Waals surface area contributed by atoms with Gasteiger partial charge in [0.25, 0.3) is 0 Å². The Morgan fingerprint density at radius 1 is 0.750 bits per heavy atom. The van der Waals surface area contributed by atoms with E-state index in [0.717, 1.165) is 0 Å². The second-order valence-electron chi connectivity index (χ2n) is 5.47. The monoisotopic (exact) mass is 349 g/mol. The second-order valence-corrected chi connectivity index (χ2v) is 10.4. The summed E-state index contributed by atoms with van der Waals surface area (Å²) < 4.78 is 0. The van der Waals surface area contributed by atoms with Gasteiger partial charge in [0, 0.05) is 0 Å². The first-order valence-corrected chi connectivity index (χ1v) is 11.1. The van der Waals surface area contributed by atoms with Gasteiger partial charge in [0.2, 0.25) is 0 Å². The van der Waals surface area contributed by atoms with Crippen LogP contribution in [0.15, 0.2) is 60.7 Å². The first-order valence-electron chi connectivity index (χ1n) is 7.18. The predicted molar refractivity (Wildman–Crippen MR) is 92.1 cm³/mol. The third kappa shape index (κ3) is 4.74. The van der Waals surface area contributed by atoms with Crippen LogP contribution in [0.3, 0.4) is 0 Å². The van der Waals surface area contributed by atoms with Crippen LogP contribution in [-0.2, 0) is 0 Å². The van der Waals surface area contributed by atoms with Crippen LogP contribution in [0.2, 0.25) is 0 Å². The van der Waals surface area contributed by atoms with Crippen LogP contribution in [0.4, 0.5) is 0 Å². The van der Waals surface area contributed by atoms with Crippen molar-refractivity contribution in [1.29, 1.82) is 0 Å². The van der Waals surface area contributed by atoms with Gasteiger partial charge in [-0.25, -0.2) is 0 Å². The molecule has 0 heterocycles. The Bertz CT molecular complexity index is 450. The van der Waals surface area contributed by atoms with Crippen molar-refractivity contribution in [3.8, 4) is 0 Å². The van der Waals surface area contributed by atoms with Gasteiger partial charge in [0.05, 0.1) is 0 Å². The Labute approximate surface area is 132 Å². The van der Waals surface area contributed by atoms with Crippen molar-refractivity contribution in [3.63, 3.8) is 0 Å². The predicted octanol–water partition coefficient (Wildman–Crippen LogP) is 5.16. The Morgan fingerprint density at radius 2 is 1.10 bits per heavy atom. The molecule has 105 valence electrons. The quantitative estimate of drug-likeness (QED) is 0.500. The van der Waals surface area contributed by atoms with Crippen LogP contribution in [-0.4, -0.2) is 27.9 Å². The number of benzene rings is 2. The summed E-state index contributed by atoms with van der Waals surface area (Å²) in [5.41, 5.74) is 2.92. The van der Waals surface area contributed by atoms with E-state index in [4.69, 9.17) is 0 Å². The number of hydrogen-bond acceptors (Lipinski definition) is 0. The summed E-state index contributed by atoms with van der Waals surface area (Å²) in [6, 6.07) is 21.7. The zero-order chi connectivity index (χ0) is 14.4. The summed E-state index contributed by atoms with van der Waals surface area (Å²) >= 11 is 3.44. The molecule has 2 aromatic rings. The maximum atomic E-state index is 3.44. The zero-order valence-corrected chi connectivity index (χ0v) is 14.8. The molecule has 0 aromatic heterocycles. The summed E-state index contributed by atoms with van der Waals surface area (Å²) in [4.78, 5) is 0. The fraction of sp³-hybridized carbons (Fsp3) is 0.333. The molecule has 2 rings (SSSR count). The van der Waals surface area contributed by atoms with Crippen molar-refractivity contribution in [2.75, 3.05) is 12.3 Å². The summed E-state index contributed by atoms with van der Waals surface area (Å²) in [6.45, 7) is 4.65. The van der Waals surface area contributed by atoms with E-state index in [-0.39, 0.29) is 6.61 Å². The molecular weight excluding hydrogens is 326 g/mol. The van der Waals surface area contributed by atoms with Crippen LogP contribution >= 0.6 is 6.61 Å². The van der Waals surface area contributed by atoms with Gasteiger partial charge in [-0.3, -0.25) is 0 Å². The fourth-order valence-corrected chi connectivity index (χ4v) is 7.07. The number of rotatable bonds is 6. The van der Waals surface area contributed by atoms with E-state index in [1.165, 1.54) is 23.5 Å². The molecule has 0 spiro atoms. The first kappa shape index (κ1) is 15.8. The average Bonchev–Trinajstić information content (AvgIpc) is 2.49. The molecule has 2 unspecified atom stereocenters. The van der Waals surface area contributed by atoms with Gasteiger partial charge in [0.1, 0.15) is 0 Å². The van der Waals surface area contributed by atoms with Gasteiger partial charge < -0.3 is 0 Å². The van der Waals surface area contributed by atoms with E-state index < -0.39 is 0 Å². The zero-order valence-electron chi connectivity index (χ0n) is 12.2. The van der Waals surface area contributed by atoms with Gasteiger partial charge in [0.15, 0.2) is 0 Å². The van der Waals surface area contributed by atoms with E-state index in [1.807, 2.05) is 0 Å². The standard InChI is InChI=1S/C18H22PSe/c1-15(17-9-5-3-6-10-17)13-19(20)14-16(2)18-11-7-4-8-12-18/h3-12,15-16H,13-14H2,1-2H3. The van der Waals surface area contributed by atoms with E-state index in [9.17, 15) is 0 Å². The van der Waals surface area contributed by atoms with Crippen LogP contribution in [0, 0.1) is 0 Å². The Hall–Kier alpha value is -0.611. The number of hydrogen-bond donors (Lipinski definition) is 0. The molecule has 0 bridgehead atoms. The molecule has 0 saturated heterocycles. The molecule has 0 fully saturated rings. The van der Waals surface area contributed by atoms with Gasteiger partial charge in [-0.1, -0.05) is 0 Å². The van der Waals surface area contributed by atoms with E-state index in [2.05, 4.69) is 90.1 Å².